The first-order valence-corrected chi connectivity index (χ1v) is 31.5. The molecular formula is C70H116O6. The first kappa shape index (κ1) is 71.8. The number of allylic oxidation sites excluding steroid dienone is 20. The molecule has 0 heterocycles. The molecule has 6 heteroatoms. The van der Waals surface area contributed by atoms with Crippen molar-refractivity contribution in [2.24, 2.45) is 0 Å². The second kappa shape index (κ2) is 63.3. The van der Waals surface area contributed by atoms with E-state index in [1.807, 2.05) is 6.08 Å². The van der Waals surface area contributed by atoms with Crippen molar-refractivity contribution >= 4 is 17.9 Å². The number of carbonyl (C=O) groups is 3. The fraction of sp³-hybridized carbons (Fsp3) is 0.671. The smallest absolute Gasteiger partial charge is 0.306 e. The summed E-state index contributed by atoms with van der Waals surface area (Å²) in [6.45, 7) is 6.34. The van der Waals surface area contributed by atoms with Crippen molar-refractivity contribution < 1.29 is 28.6 Å². The standard InChI is InChI=1S/C70H116O6/c1-4-7-10-13-16-19-22-25-27-29-31-32-33-34-35-36-37-38-39-41-42-45-48-51-54-57-60-63-69(72)75-66-67(65-74-68(71)62-59-56-53-50-47-44-24-21-18-15-12-9-6-3)76-70(73)64-61-58-55-52-49-46-43-40-30-28-26-23-20-17-14-11-8-5-2/h7,9-10,12,16,18-21,23,25,27-28,30-32,44,47,53,56,67H,4-6,8,11,13-15,17,22,24,26,29,33-43,45-46,48-52,54-55,57-66H2,1-3H3/b10-7-,12-9-,19-16-,21-18-,23-20-,27-25-,30-28-,32-31-,47-44-,56-53-. The number of esters is 3. The van der Waals surface area contributed by atoms with E-state index in [0.717, 1.165) is 103 Å². The Morgan fingerprint density at radius 1 is 0.276 bits per heavy atom. The Kier molecular flexibility index (Phi) is 59.9. The number of hydrogen-bond donors (Lipinski definition) is 0. The highest BCUT2D eigenvalue weighted by molar-refractivity contribution is 5.71. The SMILES string of the molecule is CC/C=C\C/C=C\C/C=C\C/C=C\CCCCCCCCCCCCCCCCC(=O)OCC(COC(=O)CC/C=C\C/C=C\C/C=C\C/C=C\CC)OC(=O)CCCCCCCCC/C=C\C/C=C\CCCCCC. The minimum atomic E-state index is -0.814. The third kappa shape index (κ3) is 60.7. The van der Waals surface area contributed by atoms with Crippen LogP contribution in [0, 0.1) is 0 Å². The Bertz CT molecular complexity index is 1590. The molecule has 0 aromatic heterocycles. The molecule has 0 bridgehead atoms. The van der Waals surface area contributed by atoms with Crippen LogP contribution in [0.25, 0.3) is 0 Å². The van der Waals surface area contributed by atoms with Gasteiger partial charge < -0.3 is 14.2 Å². The quantitative estimate of drug-likeness (QED) is 0.0261. The van der Waals surface area contributed by atoms with Gasteiger partial charge >= 0.3 is 17.9 Å². The number of ether oxygens (including phenoxy) is 3. The summed E-state index contributed by atoms with van der Waals surface area (Å²) in [5.41, 5.74) is 0. The summed E-state index contributed by atoms with van der Waals surface area (Å²) in [6.07, 6.45) is 87.9. The Morgan fingerprint density at radius 3 is 0.882 bits per heavy atom. The van der Waals surface area contributed by atoms with Crippen molar-refractivity contribution in [2.45, 2.75) is 290 Å². The van der Waals surface area contributed by atoms with E-state index >= 15 is 0 Å². The maximum atomic E-state index is 12.9. The van der Waals surface area contributed by atoms with Gasteiger partial charge in [-0.2, -0.15) is 0 Å². The molecule has 1 atom stereocenters. The zero-order valence-corrected chi connectivity index (χ0v) is 49.5. The van der Waals surface area contributed by atoms with Gasteiger partial charge in [-0.05, 0) is 116 Å². The van der Waals surface area contributed by atoms with Crippen molar-refractivity contribution in [3.63, 3.8) is 0 Å². The van der Waals surface area contributed by atoms with Crippen molar-refractivity contribution in [1.82, 2.24) is 0 Å². The Morgan fingerprint density at radius 2 is 0.539 bits per heavy atom. The van der Waals surface area contributed by atoms with Gasteiger partial charge in [0.25, 0.3) is 0 Å². The third-order valence-electron chi connectivity index (χ3n) is 13.2. The van der Waals surface area contributed by atoms with E-state index in [1.165, 1.54) is 135 Å². The predicted octanol–water partition coefficient (Wildman–Crippen LogP) is 21.6. The maximum absolute atomic E-state index is 12.9. The van der Waals surface area contributed by atoms with Gasteiger partial charge in [-0.15, -0.1) is 0 Å². The highest BCUT2D eigenvalue weighted by Crippen LogP contribution is 2.16. The molecule has 0 aromatic carbocycles. The molecule has 0 aliphatic heterocycles. The molecule has 432 valence electrons. The van der Waals surface area contributed by atoms with Gasteiger partial charge in [-0.1, -0.05) is 271 Å². The Labute approximate surface area is 469 Å². The molecule has 0 saturated heterocycles. The van der Waals surface area contributed by atoms with Crippen molar-refractivity contribution in [3.8, 4) is 0 Å². The van der Waals surface area contributed by atoms with Gasteiger partial charge in [0.1, 0.15) is 13.2 Å². The molecule has 0 aromatic rings. The second-order valence-electron chi connectivity index (χ2n) is 20.5. The largest absolute Gasteiger partial charge is 0.462 e. The lowest BCUT2D eigenvalue weighted by Gasteiger charge is -2.18. The summed E-state index contributed by atoms with van der Waals surface area (Å²) < 4.78 is 16.8. The highest BCUT2D eigenvalue weighted by atomic mass is 16.6. The summed E-state index contributed by atoms with van der Waals surface area (Å²) in [6, 6.07) is 0. The summed E-state index contributed by atoms with van der Waals surface area (Å²) >= 11 is 0. The lowest BCUT2D eigenvalue weighted by Crippen LogP contribution is -2.30. The maximum Gasteiger partial charge on any atom is 0.306 e. The summed E-state index contributed by atoms with van der Waals surface area (Å²) in [5.74, 6) is -0.994. The van der Waals surface area contributed by atoms with E-state index < -0.39 is 6.10 Å². The van der Waals surface area contributed by atoms with Crippen LogP contribution in [-0.2, 0) is 28.6 Å². The monoisotopic (exact) mass is 1050 g/mol. The van der Waals surface area contributed by atoms with E-state index in [4.69, 9.17) is 14.2 Å². The molecule has 76 heavy (non-hydrogen) atoms. The summed E-state index contributed by atoms with van der Waals surface area (Å²) in [7, 11) is 0. The molecule has 0 fully saturated rings. The molecule has 0 radical (unpaired) electrons. The van der Waals surface area contributed by atoms with Crippen LogP contribution in [0.4, 0.5) is 0 Å². The molecule has 0 spiro atoms. The van der Waals surface area contributed by atoms with Gasteiger partial charge in [0.05, 0.1) is 0 Å². The lowest BCUT2D eigenvalue weighted by molar-refractivity contribution is -0.166. The van der Waals surface area contributed by atoms with Crippen LogP contribution < -0.4 is 0 Å². The molecule has 0 rings (SSSR count). The molecule has 0 aliphatic rings. The van der Waals surface area contributed by atoms with E-state index in [1.54, 1.807) is 0 Å². The van der Waals surface area contributed by atoms with Crippen LogP contribution in [0.2, 0.25) is 0 Å². The van der Waals surface area contributed by atoms with Crippen molar-refractivity contribution in [2.75, 3.05) is 13.2 Å². The normalized spacial score (nSPS) is 12.9. The molecule has 0 amide bonds. The first-order valence-electron chi connectivity index (χ1n) is 31.5. The van der Waals surface area contributed by atoms with E-state index in [9.17, 15) is 14.4 Å². The molecule has 1 unspecified atom stereocenters. The number of carbonyl (C=O) groups excluding carboxylic acids is 3. The molecule has 0 saturated carbocycles. The number of unbranched alkanes of at least 4 members (excludes halogenated alkanes) is 25. The van der Waals surface area contributed by atoms with Crippen LogP contribution in [0.15, 0.2) is 122 Å². The van der Waals surface area contributed by atoms with Crippen LogP contribution in [0.3, 0.4) is 0 Å². The third-order valence-corrected chi connectivity index (χ3v) is 13.2. The second-order valence-corrected chi connectivity index (χ2v) is 20.5. The number of hydrogen-bond acceptors (Lipinski definition) is 6. The number of rotatable bonds is 56. The van der Waals surface area contributed by atoms with Crippen LogP contribution in [0.1, 0.15) is 284 Å². The Hall–Kier alpha value is -4.19. The van der Waals surface area contributed by atoms with Crippen molar-refractivity contribution in [3.05, 3.63) is 122 Å². The van der Waals surface area contributed by atoms with Crippen LogP contribution in [0.5, 0.6) is 0 Å². The minimum absolute atomic E-state index is 0.105. The van der Waals surface area contributed by atoms with Gasteiger partial charge in [0, 0.05) is 19.3 Å². The van der Waals surface area contributed by atoms with Gasteiger partial charge in [-0.3, -0.25) is 14.4 Å². The van der Waals surface area contributed by atoms with Gasteiger partial charge in [0.2, 0.25) is 0 Å². The molecular weight excluding hydrogens is 937 g/mol. The topological polar surface area (TPSA) is 78.9 Å². The zero-order chi connectivity index (χ0) is 55.0. The molecule has 0 aliphatic carbocycles. The predicted molar refractivity (Wildman–Crippen MR) is 330 cm³/mol. The average molecular weight is 1050 g/mol. The van der Waals surface area contributed by atoms with Crippen molar-refractivity contribution in [1.29, 1.82) is 0 Å². The van der Waals surface area contributed by atoms with E-state index in [-0.39, 0.29) is 37.5 Å². The minimum Gasteiger partial charge on any atom is -0.462 e. The first-order chi connectivity index (χ1) is 37.5. The fourth-order valence-corrected chi connectivity index (χ4v) is 8.54. The summed E-state index contributed by atoms with van der Waals surface area (Å²) in [4.78, 5) is 38.2. The Balaban J connectivity index is 4.34. The zero-order valence-electron chi connectivity index (χ0n) is 49.5. The van der Waals surface area contributed by atoms with Crippen LogP contribution in [-0.4, -0.2) is 37.2 Å². The van der Waals surface area contributed by atoms with E-state index in [0.29, 0.717) is 19.3 Å². The summed E-state index contributed by atoms with van der Waals surface area (Å²) in [5, 5.41) is 0. The molecule has 0 N–H and O–H groups in total. The van der Waals surface area contributed by atoms with Gasteiger partial charge in [-0.25, -0.2) is 0 Å². The molecule has 6 nitrogen and oxygen atoms in total. The highest BCUT2D eigenvalue weighted by Gasteiger charge is 2.19. The average Bonchev–Trinajstić information content (AvgIpc) is 3.42. The van der Waals surface area contributed by atoms with Gasteiger partial charge in [0.15, 0.2) is 6.10 Å². The van der Waals surface area contributed by atoms with E-state index in [2.05, 4.69) is 136 Å². The lowest BCUT2D eigenvalue weighted by atomic mass is 10.0. The van der Waals surface area contributed by atoms with Crippen LogP contribution >= 0.6 is 0 Å². The fourth-order valence-electron chi connectivity index (χ4n) is 8.54.